The third-order valence-corrected chi connectivity index (χ3v) is 1.56. The van der Waals surface area contributed by atoms with Crippen LogP contribution in [0.2, 0.25) is 0 Å². The van der Waals surface area contributed by atoms with E-state index in [1.165, 1.54) is 12.8 Å². The minimum absolute atomic E-state index is 0.833. The molecule has 0 nitrogen and oxygen atoms in total. The van der Waals surface area contributed by atoms with E-state index in [2.05, 4.69) is 55.4 Å². The zero-order valence-electron chi connectivity index (χ0n) is 11.7. The van der Waals surface area contributed by atoms with Crippen molar-refractivity contribution in [2.75, 3.05) is 0 Å². The summed E-state index contributed by atoms with van der Waals surface area (Å²) >= 11 is 0. The second-order valence-corrected chi connectivity index (χ2v) is 6.05. The maximum atomic E-state index is 2.30. The molecule has 0 heteroatoms. The average molecular weight is 200 g/mol. The van der Waals surface area contributed by atoms with Gasteiger partial charge in [0.25, 0.3) is 0 Å². The fourth-order valence-electron chi connectivity index (χ4n) is 0.763. The SMILES string of the molecule is CC(C)C.CC(C)C.CC(C)C1CC1. The highest BCUT2D eigenvalue weighted by Crippen LogP contribution is 2.35. The number of rotatable bonds is 1. The summed E-state index contributed by atoms with van der Waals surface area (Å²) < 4.78 is 0. The monoisotopic (exact) mass is 200 g/mol. The topological polar surface area (TPSA) is 0 Å². The molecule has 0 saturated heterocycles. The predicted molar refractivity (Wildman–Crippen MR) is 68.6 cm³/mol. The van der Waals surface area contributed by atoms with Gasteiger partial charge in [0.15, 0.2) is 0 Å². The van der Waals surface area contributed by atoms with E-state index in [9.17, 15) is 0 Å². The Morgan fingerprint density at radius 1 is 0.643 bits per heavy atom. The molecule has 0 bridgehead atoms. The van der Waals surface area contributed by atoms with E-state index in [-0.39, 0.29) is 0 Å². The van der Waals surface area contributed by atoms with Gasteiger partial charge in [0.2, 0.25) is 0 Å². The maximum Gasteiger partial charge on any atom is -0.0391 e. The van der Waals surface area contributed by atoms with Gasteiger partial charge in [0.05, 0.1) is 0 Å². The van der Waals surface area contributed by atoms with Crippen LogP contribution in [0.3, 0.4) is 0 Å². The molecule has 0 N–H and O–H groups in total. The van der Waals surface area contributed by atoms with Gasteiger partial charge in [0.1, 0.15) is 0 Å². The molecule has 14 heavy (non-hydrogen) atoms. The second kappa shape index (κ2) is 9.55. The standard InChI is InChI=1S/C6H12.2C4H10/c1-5(2)6-3-4-6;2*1-4(2)3/h5-6H,3-4H2,1-2H3;2*4H,1-3H3. The van der Waals surface area contributed by atoms with Gasteiger partial charge in [-0.25, -0.2) is 0 Å². The van der Waals surface area contributed by atoms with E-state index in [4.69, 9.17) is 0 Å². The molecule has 0 aromatic carbocycles. The summed E-state index contributed by atoms with van der Waals surface area (Å²) in [6.07, 6.45) is 3.00. The van der Waals surface area contributed by atoms with Crippen LogP contribution in [-0.4, -0.2) is 0 Å². The molecule has 1 saturated carbocycles. The van der Waals surface area contributed by atoms with E-state index in [1.54, 1.807) is 0 Å². The first-order valence-corrected chi connectivity index (χ1v) is 6.27. The van der Waals surface area contributed by atoms with Crippen LogP contribution in [0, 0.1) is 23.7 Å². The Labute approximate surface area is 92.5 Å². The lowest BCUT2D eigenvalue weighted by atomic mass is 10.1. The van der Waals surface area contributed by atoms with Crippen LogP contribution in [0.5, 0.6) is 0 Å². The molecule has 1 aliphatic carbocycles. The average Bonchev–Trinajstić information content (AvgIpc) is 2.61. The zero-order valence-corrected chi connectivity index (χ0v) is 11.7. The Bertz CT molecular complexity index is 85.1. The van der Waals surface area contributed by atoms with Gasteiger partial charge < -0.3 is 0 Å². The lowest BCUT2D eigenvalue weighted by molar-refractivity contribution is 0.563. The van der Waals surface area contributed by atoms with Crippen molar-refractivity contribution >= 4 is 0 Å². The third-order valence-electron chi connectivity index (χ3n) is 1.56. The minimum atomic E-state index is 0.833. The van der Waals surface area contributed by atoms with Crippen molar-refractivity contribution in [2.24, 2.45) is 23.7 Å². The van der Waals surface area contributed by atoms with Gasteiger partial charge in [-0.3, -0.25) is 0 Å². The van der Waals surface area contributed by atoms with Crippen molar-refractivity contribution in [1.29, 1.82) is 0 Å². The van der Waals surface area contributed by atoms with Crippen LogP contribution in [-0.2, 0) is 0 Å². The molecule has 88 valence electrons. The van der Waals surface area contributed by atoms with E-state index < -0.39 is 0 Å². The molecule has 0 atom stereocenters. The van der Waals surface area contributed by atoms with Crippen molar-refractivity contribution in [3.05, 3.63) is 0 Å². The molecule has 0 aromatic heterocycles. The van der Waals surface area contributed by atoms with Gasteiger partial charge >= 0.3 is 0 Å². The van der Waals surface area contributed by atoms with Crippen LogP contribution in [0.25, 0.3) is 0 Å². The molecule has 0 radical (unpaired) electrons. The van der Waals surface area contributed by atoms with Crippen molar-refractivity contribution in [1.82, 2.24) is 0 Å². The first-order chi connectivity index (χ1) is 6.27. The van der Waals surface area contributed by atoms with E-state index in [0.29, 0.717) is 0 Å². The van der Waals surface area contributed by atoms with E-state index in [1.807, 2.05) is 0 Å². The molecule has 1 fully saturated rings. The summed E-state index contributed by atoms with van der Waals surface area (Å²) in [6, 6.07) is 0. The summed E-state index contributed by atoms with van der Waals surface area (Å²) in [5.41, 5.74) is 0. The molecular weight excluding hydrogens is 168 g/mol. The summed E-state index contributed by atoms with van der Waals surface area (Å²) in [6.45, 7) is 17.6. The van der Waals surface area contributed by atoms with Crippen molar-refractivity contribution in [2.45, 2.75) is 68.2 Å². The Kier molecular flexibility index (Phi) is 11.2. The van der Waals surface area contributed by atoms with Crippen molar-refractivity contribution in [3.63, 3.8) is 0 Å². The van der Waals surface area contributed by atoms with Crippen LogP contribution in [0.4, 0.5) is 0 Å². The Balaban J connectivity index is 0. The van der Waals surface area contributed by atoms with Gasteiger partial charge in [-0.15, -0.1) is 0 Å². The summed E-state index contributed by atoms with van der Waals surface area (Å²) in [4.78, 5) is 0. The maximum absolute atomic E-state index is 2.30. The second-order valence-electron chi connectivity index (χ2n) is 6.05. The minimum Gasteiger partial charge on any atom is -0.0630 e. The largest absolute Gasteiger partial charge is 0.0630 e. The molecule has 0 amide bonds. The summed E-state index contributed by atoms with van der Waals surface area (Å²) in [5, 5.41) is 0. The molecular formula is C14H32. The lowest BCUT2D eigenvalue weighted by Gasteiger charge is -1.94. The molecule has 0 heterocycles. The third kappa shape index (κ3) is 29.6. The highest BCUT2D eigenvalue weighted by molar-refractivity contribution is 4.75. The van der Waals surface area contributed by atoms with Crippen LogP contribution >= 0.6 is 0 Å². The lowest BCUT2D eigenvalue weighted by Crippen LogP contribution is -1.85. The van der Waals surface area contributed by atoms with Crippen LogP contribution in [0.15, 0.2) is 0 Å². The van der Waals surface area contributed by atoms with Gasteiger partial charge in [-0.05, 0) is 36.5 Å². The van der Waals surface area contributed by atoms with Gasteiger partial charge in [0, 0.05) is 0 Å². The fourth-order valence-corrected chi connectivity index (χ4v) is 0.763. The number of hydrogen-bond acceptors (Lipinski definition) is 0. The molecule has 0 aromatic rings. The highest BCUT2D eigenvalue weighted by Gasteiger charge is 2.23. The van der Waals surface area contributed by atoms with Gasteiger partial charge in [-0.2, -0.15) is 0 Å². The van der Waals surface area contributed by atoms with Crippen LogP contribution in [0.1, 0.15) is 68.2 Å². The molecule has 1 rings (SSSR count). The Morgan fingerprint density at radius 2 is 0.857 bits per heavy atom. The molecule has 0 spiro atoms. The smallest absolute Gasteiger partial charge is 0.0391 e. The summed E-state index contributed by atoms with van der Waals surface area (Å²) in [7, 11) is 0. The van der Waals surface area contributed by atoms with E-state index in [0.717, 1.165) is 23.7 Å². The number of hydrogen-bond donors (Lipinski definition) is 0. The first kappa shape index (κ1) is 16.4. The summed E-state index contributed by atoms with van der Waals surface area (Å²) in [5.74, 6) is 3.73. The zero-order chi connectivity index (χ0) is 11.7. The highest BCUT2D eigenvalue weighted by atomic mass is 14.3. The normalized spacial score (nSPS) is 14.8. The Morgan fingerprint density at radius 3 is 0.857 bits per heavy atom. The molecule has 0 unspecified atom stereocenters. The van der Waals surface area contributed by atoms with Crippen molar-refractivity contribution in [3.8, 4) is 0 Å². The predicted octanol–water partition coefficient (Wildman–Crippen LogP) is 5.38. The first-order valence-electron chi connectivity index (χ1n) is 6.27. The van der Waals surface area contributed by atoms with Crippen LogP contribution < -0.4 is 0 Å². The Hall–Kier alpha value is 0. The fraction of sp³-hybridized carbons (Fsp3) is 1.00. The molecule has 0 aliphatic heterocycles. The quantitative estimate of drug-likeness (QED) is 0.533. The van der Waals surface area contributed by atoms with Gasteiger partial charge in [-0.1, -0.05) is 55.4 Å². The molecule has 1 aliphatic rings. The van der Waals surface area contributed by atoms with Crippen molar-refractivity contribution < 1.29 is 0 Å². The van der Waals surface area contributed by atoms with E-state index >= 15 is 0 Å².